The molecule has 0 aliphatic carbocycles. The molecular weight excluding hydrogens is 354 g/mol. The topological polar surface area (TPSA) is 64.0 Å². The van der Waals surface area contributed by atoms with Gasteiger partial charge in [0.05, 0.1) is 16.3 Å². The van der Waals surface area contributed by atoms with Crippen LogP contribution in [0, 0.1) is 0 Å². The number of hydrogen-bond donors (Lipinski definition) is 1. The molecule has 120 valence electrons. The van der Waals surface area contributed by atoms with Gasteiger partial charge in [0.25, 0.3) is 5.56 Å². The number of hydrogen-bond acceptors (Lipinski definition) is 5. The van der Waals surface area contributed by atoms with Crippen LogP contribution in [0.4, 0.5) is 5.69 Å². The van der Waals surface area contributed by atoms with Crippen LogP contribution in [-0.2, 0) is 18.3 Å². The number of carbonyl (C=O) groups excluding carboxylic acids is 1. The number of anilines is 1. The molecule has 1 N–H and O–H groups in total. The summed E-state index contributed by atoms with van der Waals surface area (Å²) < 4.78 is 1.51. The Hall–Kier alpha value is -1.44. The van der Waals surface area contributed by atoms with Crippen molar-refractivity contribution in [3.63, 3.8) is 0 Å². The molecule has 0 radical (unpaired) electrons. The van der Waals surface area contributed by atoms with Crippen molar-refractivity contribution in [1.82, 2.24) is 9.55 Å². The summed E-state index contributed by atoms with van der Waals surface area (Å²) in [7, 11) is 1.69. The zero-order valence-electron chi connectivity index (χ0n) is 12.3. The maximum atomic E-state index is 12.2. The van der Waals surface area contributed by atoms with Crippen LogP contribution >= 0.6 is 35.1 Å². The number of fused-ring (bicyclic) bond motifs is 1. The first-order valence-electron chi connectivity index (χ1n) is 6.95. The minimum Gasteiger partial charge on any atom is -0.325 e. The summed E-state index contributed by atoms with van der Waals surface area (Å²) >= 11 is 8.69. The van der Waals surface area contributed by atoms with Crippen molar-refractivity contribution < 1.29 is 4.79 Å². The van der Waals surface area contributed by atoms with Crippen molar-refractivity contribution in [2.45, 2.75) is 16.5 Å². The molecule has 1 aromatic carbocycles. The van der Waals surface area contributed by atoms with Crippen LogP contribution in [-0.4, -0.2) is 27.0 Å². The Balaban J connectivity index is 1.68. The number of carbonyl (C=O) groups is 1. The van der Waals surface area contributed by atoms with E-state index in [4.69, 9.17) is 11.6 Å². The van der Waals surface area contributed by atoms with Crippen LogP contribution < -0.4 is 10.9 Å². The molecule has 0 spiro atoms. The van der Waals surface area contributed by atoms with E-state index in [1.54, 1.807) is 43.1 Å². The summed E-state index contributed by atoms with van der Waals surface area (Å²) in [5, 5.41) is 3.91. The minimum absolute atomic E-state index is 0.0322. The number of amides is 1. The lowest BCUT2D eigenvalue weighted by atomic mass is 10.3. The Bertz CT molecular complexity index is 823. The highest BCUT2D eigenvalue weighted by atomic mass is 35.5. The molecular formula is C15H14ClN3O2S2. The lowest BCUT2D eigenvalue weighted by molar-refractivity contribution is -0.113. The average molecular weight is 368 g/mol. The summed E-state index contributed by atoms with van der Waals surface area (Å²) in [6.45, 7) is 0. The van der Waals surface area contributed by atoms with Crippen molar-refractivity contribution in [3.05, 3.63) is 45.3 Å². The smallest absolute Gasteiger partial charge is 0.267 e. The van der Waals surface area contributed by atoms with Gasteiger partial charge in [0, 0.05) is 29.9 Å². The highest BCUT2D eigenvalue weighted by Gasteiger charge is 2.20. The molecule has 0 bridgehead atoms. The maximum Gasteiger partial charge on any atom is 0.267 e. The summed E-state index contributed by atoms with van der Waals surface area (Å²) in [6.07, 6.45) is 0.804. The Morgan fingerprint density at radius 1 is 1.52 bits per heavy atom. The first-order chi connectivity index (χ1) is 11.0. The van der Waals surface area contributed by atoms with Crippen molar-refractivity contribution in [1.29, 1.82) is 0 Å². The Kier molecular flexibility index (Phi) is 4.99. The number of benzene rings is 1. The highest BCUT2D eigenvalue weighted by Crippen LogP contribution is 2.28. The molecule has 1 aliphatic rings. The zero-order valence-corrected chi connectivity index (χ0v) is 14.7. The normalized spacial score (nSPS) is 13.0. The molecule has 2 heterocycles. The van der Waals surface area contributed by atoms with Crippen LogP contribution in [0.3, 0.4) is 0 Å². The van der Waals surface area contributed by atoms with Crippen LogP contribution in [0.25, 0.3) is 0 Å². The SMILES string of the molecule is Cn1c(SCC(=O)Nc2cccc(Cl)c2)nc2c(c1=O)SCC2. The molecule has 8 heteroatoms. The monoisotopic (exact) mass is 367 g/mol. The van der Waals surface area contributed by atoms with E-state index in [-0.39, 0.29) is 17.2 Å². The largest absolute Gasteiger partial charge is 0.325 e. The van der Waals surface area contributed by atoms with E-state index < -0.39 is 0 Å². The van der Waals surface area contributed by atoms with Crippen molar-refractivity contribution in [2.24, 2.45) is 7.05 Å². The molecule has 1 aromatic heterocycles. The third-order valence-electron chi connectivity index (χ3n) is 3.30. The van der Waals surface area contributed by atoms with Gasteiger partial charge in [-0.1, -0.05) is 29.4 Å². The molecule has 1 amide bonds. The van der Waals surface area contributed by atoms with Gasteiger partial charge in [-0.25, -0.2) is 4.98 Å². The second-order valence-corrected chi connectivity index (χ2v) is 7.46. The Morgan fingerprint density at radius 2 is 2.35 bits per heavy atom. The van der Waals surface area contributed by atoms with E-state index in [1.807, 2.05) is 0 Å². The molecule has 1 aliphatic heterocycles. The quantitative estimate of drug-likeness (QED) is 0.665. The third kappa shape index (κ3) is 3.73. The van der Waals surface area contributed by atoms with Crippen molar-refractivity contribution in [2.75, 3.05) is 16.8 Å². The van der Waals surface area contributed by atoms with Crippen molar-refractivity contribution in [3.8, 4) is 0 Å². The summed E-state index contributed by atoms with van der Waals surface area (Å²) in [4.78, 5) is 29.5. The highest BCUT2D eigenvalue weighted by molar-refractivity contribution is 8.00. The predicted octanol–water partition coefficient (Wildman–Crippen LogP) is 2.81. The van der Waals surface area contributed by atoms with E-state index >= 15 is 0 Å². The van der Waals surface area contributed by atoms with Gasteiger partial charge in [-0.2, -0.15) is 0 Å². The minimum atomic E-state index is -0.165. The van der Waals surface area contributed by atoms with Gasteiger partial charge in [0.1, 0.15) is 0 Å². The third-order valence-corrected chi connectivity index (χ3v) is 5.68. The zero-order chi connectivity index (χ0) is 16.4. The van der Waals surface area contributed by atoms with E-state index in [1.165, 1.54) is 16.3 Å². The second kappa shape index (κ2) is 6.98. The molecule has 0 fully saturated rings. The summed E-state index contributed by atoms with van der Waals surface area (Å²) in [5.41, 5.74) is 1.46. The lowest BCUT2D eigenvalue weighted by Crippen LogP contribution is -2.23. The number of nitrogens with one attached hydrogen (secondary N) is 1. The van der Waals surface area contributed by atoms with Gasteiger partial charge >= 0.3 is 0 Å². The predicted molar refractivity (Wildman–Crippen MR) is 94.7 cm³/mol. The fraction of sp³-hybridized carbons (Fsp3) is 0.267. The molecule has 0 atom stereocenters. The van der Waals surface area contributed by atoms with Gasteiger partial charge < -0.3 is 5.32 Å². The number of thioether (sulfide) groups is 2. The molecule has 0 saturated carbocycles. The number of rotatable bonds is 4. The molecule has 2 aromatic rings. The summed E-state index contributed by atoms with van der Waals surface area (Å²) in [6, 6.07) is 6.97. The van der Waals surface area contributed by atoms with Gasteiger partial charge in [-0.05, 0) is 18.2 Å². The van der Waals surface area contributed by atoms with Crippen LogP contribution in [0.15, 0.2) is 39.1 Å². The standard InChI is InChI=1S/C15H14ClN3O2S2/c1-19-14(21)13-11(5-6-22-13)18-15(19)23-8-12(20)17-10-4-2-3-9(16)7-10/h2-4,7H,5-6,8H2,1H3,(H,17,20). The Labute approximate surface area is 146 Å². The average Bonchev–Trinajstić information content (AvgIpc) is 2.98. The summed E-state index contributed by atoms with van der Waals surface area (Å²) in [5.74, 6) is 0.904. The van der Waals surface area contributed by atoms with Gasteiger partial charge in [0.15, 0.2) is 5.16 Å². The van der Waals surface area contributed by atoms with Crippen LogP contribution in [0.1, 0.15) is 5.69 Å². The molecule has 23 heavy (non-hydrogen) atoms. The van der Waals surface area contributed by atoms with Crippen LogP contribution in [0.5, 0.6) is 0 Å². The lowest BCUT2D eigenvalue weighted by Gasteiger charge is -2.09. The number of aromatic nitrogens is 2. The number of aryl methyl sites for hydroxylation is 1. The Morgan fingerprint density at radius 3 is 3.13 bits per heavy atom. The van der Waals surface area contributed by atoms with E-state index in [0.29, 0.717) is 15.9 Å². The van der Waals surface area contributed by atoms with E-state index in [2.05, 4.69) is 10.3 Å². The van der Waals surface area contributed by atoms with Gasteiger partial charge in [-0.15, -0.1) is 11.8 Å². The number of halogens is 1. The van der Waals surface area contributed by atoms with Crippen LogP contribution in [0.2, 0.25) is 5.02 Å². The van der Waals surface area contributed by atoms with Crippen molar-refractivity contribution >= 4 is 46.7 Å². The molecule has 0 unspecified atom stereocenters. The van der Waals surface area contributed by atoms with Gasteiger partial charge in [0.2, 0.25) is 5.91 Å². The van der Waals surface area contributed by atoms with Gasteiger partial charge in [-0.3, -0.25) is 14.2 Å². The van der Waals surface area contributed by atoms with E-state index in [9.17, 15) is 9.59 Å². The second-order valence-electron chi connectivity index (χ2n) is 4.98. The maximum absolute atomic E-state index is 12.2. The molecule has 5 nitrogen and oxygen atoms in total. The number of nitrogens with zero attached hydrogens (tertiary/aromatic N) is 2. The molecule has 3 rings (SSSR count). The fourth-order valence-corrected chi connectivity index (χ4v) is 4.24. The van der Waals surface area contributed by atoms with E-state index in [0.717, 1.165) is 22.8 Å². The first-order valence-corrected chi connectivity index (χ1v) is 9.30. The first kappa shape index (κ1) is 16.4. The molecule has 0 saturated heterocycles. The fourth-order valence-electron chi connectivity index (χ4n) is 2.19.